The van der Waals surface area contributed by atoms with Gasteiger partial charge in [-0.1, -0.05) is 44.2 Å². The van der Waals surface area contributed by atoms with Gasteiger partial charge in [0.2, 0.25) is 0 Å². The molecule has 0 heterocycles. The van der Waals surface area contributed by atoms with Crippen LogP contribution in [0.5, 0.6) is 0 Å². The molecule has 23 heavy (non-hydrogen) atoms. The Kier molecular flexibility index (Phi) is 6.15. The van der Waals surface area contributed by atoms with Crippen molar-refractivity contribution < 1.29 is 9.18 Å². The fourth-order valence-electron chi connectivity index (χ4n) is 2.40. The summed E-state index contributed by atoms with van der Waals surface area (Å²) < 4.78 is 12.8. The van der Waals surface area contributed by atoms with Crippen LogP contribution in [0.15, 0.2) is 48.5 Å². The van der Waals surface area contributed by atoms with Gasteiger partial charge in [0.25, 0.3) is 0 Å². The summed E-state index contributed by atoms with van der Waals surface area (Å²) in [6.07, 6.45) is 1.69. The molecule has 0 bridgehead atoms. The SMILES string of the molecule is CCC(C)c1ccccc1NC(=O)NCCc1ccc(F)cc1. The minimum Gasteiger partial charge on any atom is -0.338 e. The molecular formula is C19H23FN2O. The van der Waals surface area contributed by atoms with Gasteiger partial charge in [0.15, 0.2) is 0 Å². The van der Waals surface area contributed by atoms with E-state index in [0.717, 1.165) is 23.2 Å². The Labute approximate surface area is 136 Å². The van der Waals surface area contributed by atoms with Gasteiger partial charge < -0.3 is 10.6 Å². The molecule has 0 fully saturated rings. The second-order valence-corrected chi connectivity index (χ2v) is 5.65. The highest BCUT2D eigenvalue weighted by atomic mass is 19.1. The topological polar surface area (TPSA) is 41.1 Å². The van der Waals surface area contributed by atoms with E-state index in [-0.39, 0.29) is 11.8 Å². The highest BCUT2D eigenvalue weighted by Crippen LogP contribution is 2.26. The molecule has 122 valence electrons. The summed E-state index contributed by atoms with van der Waals surface area (Å²) in [5.41, 5.74) is 2.98. The number of carbonyl (C=O) groups is 1. The summed E-state index contributed by atoms with van der Waals surface area (Å²) in [7, 11) is 0. The van der Waals surface area contributed by atoms with E-state index in [0.29, 0.717) is 18.9 Å². The van der Waals surface area contributed by atoms with E-state index >= 15 is 0 Å². The van der Waals surface area contributed by atoms with E-state index in [1.807, 2.05) is 24.3 Å². The third-order valence-electron chi connectivity index (χ3n) is 3.96. The molecule has 1 unspecified atom stereocenters. The summed E-state index contributed by atoms with van der Waals surface area (Å²) in [5, 5.41) is 5.75. The first-order chi connectivity index (χ1) is 11.1. The van der Waals surface area contributed by atoms with E-state index in [1.165, 1.54) is 12.1 Å². The number of amides is 2. The average Bonchev–Trinajstić information content (AvgIpc) is 2.56. The largest absolute Gasteiger partial charge is 0.338 e. The van der Waals surface area contributed by atoms with E-state index in [4.69, 9.17) is 0 Å². The zero-order valence-electron chi connectivity index (χ0n) is 13.6. The maximum atomic E-state index is 12.8. The highest BCUT2D eigenvalue weighted by Gasteiger charge is 2.10. The van der Waals surface area contributed by atoms with Gasteiger partial charge in [-0.05, 0) is 48.1 Å². The summed E-state index contributed by atoms with van der Waals surface area (Å²) in [6, 6.07) is 14.0. The van der Waals surface area contributed by atoms with Crippen molar-refractivity contribution in [2.24, 2.45) is 0 Å². The lowest BCUT2D eigenvalue weighted by atomic mass is 9.97. The second kappa shape index (κ2) is 8.32. The van der Waals surface area contributed by atoms with Gasteiger partial charge in [0.05, 0.1) is 0 Å². The van der Waals surface area contributed by atoms with Gasteiger partial charge in [0.1, 0.15) is 5.82 Å². The Hall–Kier alpha value is -2.36. The number of halogens is 1. The fourth-order valence-corrected chi connectivity index (χ4v) is 2.40. The number of nitrogens with one attached hydrogen (secondary N) is 2. The maximum absolute atomic E-state index is 12.8. The van der Waals surface area contributed by atoms with Crippen LogP contribution in [0.1, 0.15) is 37.3 Å². The van der Waals surface area contributed by atoms with Crippen LogP contribution in [0.4, 0.5) is 14.9 Å². The molecule has 2 rings (SSSR count). The quantitative estimate of drug-likeness (QED) is 0.797. The third kappa shape index (κ3) is 5.09. The number of rotatable bonds is 6. The molecule has 0 saturated heterocycles. The van der Waals surface area contributed by atoms with Crippen molar-refractivity contribution in [1.29, 1.82) is 0 Å². The molecule has 2 aromatic rings. The van der Waals surface area contributed by atoms with Crippen LogP contribution in [0, 0.1) is 5.82 Å². The van der Waals surface area contributed by atoms with Gasteiger partial charge in [-0.3, -0.25) is 0 Å². The normalized spacial score (nSPS) is 11.8. The number of hydrogen-bond donors (Lipinski definition) is 2. The minimum atomic E-state index is -0.249. The van der Waals surface area contributed by atoms with Crippen molar-refractivity contribution in [3.63, 3.8) is 0 Å². The molecule has 4 heteroatoms. The van der Waals surface area contributed by atoms with Crippen LogP contribution in [-0.4, -0.2) is 12.6 Å². The Morgan fingerprint density at radius 1 is 1.13 bits per heavy atom. The van der Waals surface area contributed by atoms with E-state index < -0.39 is 0 Å². The second-order valence-electron chi connectivity index (χ2n) is 5.65. The Morgan fingerprint density at radius 2 is 1.83 bits per heavy atom. The lowest BCUT2D eigenvalue weighted by Crippen LogP contribution is -2.30. The van der Waals surface area contributed by atoms with E-state index in [9.17, 15) is 9.18 Å². The standard InChI is InChI=1S/C19H23FN2O/c1-3-14(2)17-6-4-5-7-18(17)22-19(23)21-13-12-15-8-10-16(20)11-9-15/h4-11,14H,3,12-13H2,1-2H3,(H2,21,22,23). The van der Waals surface area contributed by atoms with Crippen molar-refractivity contribution in [2.75, 3.05) is 11.9 Å². The molecule has 1 atom stereocenters. The minimum absolute atomic E-state index is 0.220. The summed E-state index contributed by atoms with van der Waals surface area (Å²) in [6.45, 7) is 4.78. The molecule has 0 aromatic heterocycles. The number of para-hydroxylation sites is 1. The van der Waals surface area contributed by atoms with Gasteiger partial charge in [0, 0.05) is 12.2 Å². The number of hydrogen-bond acceptors (Lipinski definition) is 1. The van der Waals surface area contributed by atoms with Crippen molar-refractivity contribution >= 4 is 11.7 Å². The van der Waals surface area contributed by atoms with Crippen molar-refractivity contribution in [3.05, 3.63) is 65.5 Å². The number of urea groups is 1. The van der Waals surface area contributed by atoms with Crippen molar-refractivity contribution in [1.82, 2.24) is 5.32 Å². The molecule has 0 aliphatic rings. The zero-order chi connectivity index (χ0) is 16.7. The molecule has 2 aromatic carbocycles. The highest BCUT2D eigenvalue weighted by molar-refractivity contribution is 5.90. The smallest absolute Gasteiger partial charge is 0.319 e. The molecule has 3 nitrogen and oxygen atoms in total. The molecule has 0 aliphatic carbocycles. The predicted octanol–water partition coefficient (Wildman–Crippen LogP) is 4.70. The first-order valence-corrected chi connectivity index (χ1v) is 7.98. The Morgan fingerprint density at radius 3 is 2.52 bits per heavy atom. The zero-order valence-corrected chi connectivity index (χ0v) is 13.6. The average molecular weight is 314 g/mol. The van der Waals surface area contributed by atoms with Crippen LogP contribution >= 0.6 is 0 Å². The number of benzene rings is 2. The predicted molar refractivity (Wildman–Crippen MR) is 92.3 cm³/mol. The van der Waals surface area contributed by atoms with Crippen LogP contribution in [0.3, 0.4) is 0 Å². The maximum Gasteiger partial charge on any atom is 0.319 e. The molecule has 2 amide bonds. The van der Waals surface area contributed by atoms with Crippen molar-refractivity contribution in [3.8, 4) is 0 Å². The van der Waals surface area contributed by atoms with E-state index in [1.54, 1.807) is 12.1 Å². The monoisotopic (exact) mass is 314 g/mol. The first-order valence-electron chi connectivity index (χ1n) is 7.98. The number of anilines is 1. The van der Waals surface area contributed by atoms with Crippen LogP contribution in [-0.2, 0) is 6.42 Å². The Bertz CT molecular complexity index is 640. The van der Waals surface area contributed by atoms with Gasteiger partial charge >= 0.3 is 6.03 Å². The lowest BCUT2D eigenvalue weighted by molar-refractivity contribution is 0.252. The molecule has 0 saturated carbocycles. The van der Waals surface area contributed by atoms with Gasteiger partial charge in [-0.25, -0.2) is 9.18 Å². The fraction of sp³-hybridized carbons (Fsp3) is 0.316. The van der Waals surface area contributed by atoms with E-state index in [2.05, 4.69) is 24.5 Å². The van der Waals surface area contributed by atoms with Crippen LogP contribution in [0.2, 0.25) is 0 Å². The molecule has 0 radical (unpaired) electrons. The van der Waals surface area contributed by atoms with Crippen LogP contribution < -0.4 is 10.6 Å². The van der Waals surface area contributed by atoms with Gasteiger partial charge in [-0.15, -0.1) is 0 Å². The number of carbonyl (C=O) groups excluding carboxylic acids is 1. The van der Waals surface area contributed by atoms with Crippen LogP contribution in [0.25, 0.3) is 0 Å². The summed E-state index contributed by atoms with van der Waals surface area (Å²) in [5.74, 6) is 0.145. The lowest BCUT2D eigenvalue weighted by Gasteiger charge is -2.16. The Balaban J connectivity index is 1.86. The molecule has 2 N–H and O–H groups in total. The van der Waals surface area contributed by atoms with Gasteiger partial charge in [-0.2, -0.15) is 0 Å². The first kappa shape index (κ1) is 17.0. The molecule has 0 aliphatic heterocycles. The molecular weight excluding hydrogens is 291 g/mol. The summed E-state index contributed by atoms with van der Waals surface area (Å²) >= 11 is 0. The van der Waals surface area contributed by atoms with Crippen molar-refractivity contribution in [2.45, 2.75) is 32.6 Å². The summed E-state index contributed by atoms with van der Waals surface area (Å²) in [4.78, 5) is 12.0. The third-order valence-corrected chi connectivity index (χ3v) is 3.96. The molecule has 0 spiro atoms.